The van der Waals surface area contributed by atoms with E-state index in [0.717, 1.165) is 37.0 Å². The molecule has 27 heavy (non-hydrogen) atoms. The summed E-state index contributed by atoms with van der Waals surface area (Å²) in [5.41, 5.74) is 5.18. The van der Waals surface area contributed by atoms with Crippen LogP contribution in [0, 0.1) is 11.3 Å². The second-order valence-corrected chi connectivity index (χ2v) is 9.14. The maximum Gasteiger partial charge on any atom is 0.325 e. The minimum atomic E-state index is -0.810. The van der Waals surface area contributed by atoms with Gasteiger partial charge in [-0.1, -0.05) is 27.2 Å². The summed E-state index contributed by atoms with van der Waals surface area (Å²) in [6.07, 6.45) is 6.08. The zero-order valence-corrected chi connectivity index (χ0v) is 16.9. The van der Waals surface area contributed by atoms with E-state index < -0.39 is 11.6 Å². The molecule has 3 fully saturated rings. The smallest absolute Gasteiger partial charge is 0.325 e. The summed E-state index contributed by atoms with van der Waals surface area (Å²) in [6, 6.07) is -0.399. The molecular formula is C20H34N4O3. The molecule has 7 heteroatoms. The quantitative estimate of drug-likeness (QED) is 0.714. The SMILES string of the molecule is CCC(C)(C)C1CCC2(CC1)NC(=O)N(CC(=O)N1CCCC1CN)C2=O. The first-order chi connectivity index (χ1) is 12.7. The molecule has 3 aliphatic rings. The van der Waals surface area contributed by atoms with E-state index in [1.807, 2.05) is 0 Å². The molecule has 2 aliphatic heterocycles. The Balaban J connectivity index is 1.65. The normalized spacial score (nSPS) is 31.7. The fraction of sp³-hybridized carbons (Fsp3) is 0.850. The van der Waals surface area contributed by atoms with Gasteiger partial charge in [0.1, 0.15) is 12.1 Å². The zero-order chi connectivity index (χ0) is 19.8. The van der Waals surface area contributed by atoms with Crippen LogP contribution in [-0.4, -0.2) is 58.9 Å². The Hall–Kier alpha value is -1.63. The highest BCUT2D eigenvalue weighted by molar-refractivity contribution is 6.09. The Labute approximate surface area is 162 Å². The summed E-state index contributed by atoms with van der Waals surface area (Å²) in [6.45, 7) is 7.66. The number of hydrogen-bond acceptors (Lipinski definition) is 4. The molecule has 1 spiro atoms. The van der Waals surface area contributed by atoms with Crippen LogP contribution in [0.4, 0.5) is 4.79 Å². The van der Waals surface area contributed by atoms with Crippen LogP contribution < -0.4 is 11.1 Å². The summed E-state index contributed by atoms with van der Waals surface area (Å²) in [4.78, 5) is 41.1. The van der Waals surface area contributed by atoms with Crippen molar-refractivity contribution >= 4 is 17.8 Å². The van der Waals surface area contributed by atoms with Crippen LogP contribution in [0.15, 0.2) is 0 Å². The molecule has 4 amide bonds. The molecule has 1 aliphatic carbocycles. The average Bonchev–Trinajstić information content (AvgIpc) is 3.21. The van der Waals surface area contributed by atoms with Gasteiger partial charge in [-0.05, 0) is 49.9 Å². The van der Waals surface area contributed by atoms with Gasteiger partial charge in [-0.2, -0.15) is 0 Å². The fourth-order valence-corrected chi connectivity index (χ4v) is 4.97. The van der Waals surface area contributed by atoms with E-state index in [2.05, 4.69) is 26.1 Å². The van der Waals surface area contributed by atoms with Crippen molar-refractivity contribution in [1.29, 1.82) is 0 Å². The van der Waals surface area contributed by atoms with E-state index in [4.69, 9.17) is 5.73 Å². The lowest BCUT2D eigenvalue weighted by atomic mass is 9.65. The van der Waals surface area contributed by atoms with Crippen molar-refractivity contribution < 1.29 is 14.4 Å². The average molecular weight is 379 g/mol. The van der Waals surface area contributed by atoms with Crippen LogP contribution in [0.5, 0.6) is 0 Å². The number of rotatable bonds is 5. The van der Waals surface area contributed by atoms with E-state index in [-0.39, 0.29) is 29.8 Å². The van der Waals surface area contributed by atoms with Gasteiger partial charge in [0, 0.05) is 19.1 Å². The molecule has 2 saturated heterocycles. The molecule has 3 N–H and O–H groups in total. The van der Waals surface area contributed by atoms with Crippen LogP contribution in [0.25, 0.3) is 0 Å². The van der Waals surface area contributed by atoms with Gasteiger partial charge >= 0.3 is 6.03 Å². The van der Waals surface area contributed by atoms with Gasteiger partial charge in [0.2, 0.25) is 5.91 Å². The lowest BCUT2D eigenvalue weighted by Gasteiger charge is -2.42. The van der Waals surface area contributed by atoms with Crippen LogP contribution in [0.1, 0.15) is 65.7 Å². The molecule has 2 heterocycles. The van der Waals surface area contributed by atoms with E-state index in [1.165, 1.54) is 0 Å². The number of nitrogens with one attached hydrogen (secondary N) is 1. The van der Waals surface area contributed by atoms with E-state index in [9.17, 15) is 14.4 Å². The maximum absolute atomic E-state index is 13.1. The zero-order valence-electron chi connectivity index (χ0n) is 16.9. The monoisotopic (exact) mass is 378 g/mol. The number of nitrogens with two attached hydrogens (primary N) is 1. The molecule has 1 atom stereocenters. The predicted octanol–water partition coefficient (Wildman–Crippen LogP) is 1.85. The molecule has 0 aromatic rings. The Kier molecular flexibility index (Phi) is 5.52. The van der Waals surface area contributed by atoms with Crippen LogP contribution in [0.2, 0.25) is 0 Å². The van der Waals surface area contributed by atoms with Crippen molar-refractivity contribution in [3.63, 3.8) is 0 Å². The molecule has 0 aromatic carbocycles. The molecule has 152 valence electrons. The summed E-state index contributed by atoms with van der Waals surface area (Å²) in [7, 11) is 0. The molecular weight excluding hydrogens is 344 g/mol. The van der Waals surface area contributed by atoms with Crippen LogP contribution >= 0.6 is 0 Å². The molecule has 1 saturated carbocycles. The van der Waals surface area contributed by atoms with Crippen molar-refractivity contribution in [2.24, 2.45) is 17.1 Å². The lowest BCUT2D eigenvalue weighted by molar-refractivity contribution is -0.140. The molecule has 0 radical (unpaired) electrons. The number of amides is 4. The second kappa shape index (κ2) is 7.41. The fourth-order valence-electron chi connectivity index (χ4n) is 4.97. The topological polar surface area (TPSA) is 95.7 Å². The summed E-state index contributed by atoms with van der Waals surface area (Å²) >= 11 is 0. The van der Waals surface area contributed by atoms with Gasteiger partial charge in [0.05, 0.1) is 0 Å². The van der Waals surface area contributed by atoms with E-state index >= 15 is 0 Å². The Morgan fingerprint density at radius 1 is 1.26 bits per heavy atom. The Bertz CT molecular complexity index is 610. The standard InChI is InChI=1S/C20H34N4O3/c1-4-19(2,3)14-7-9-20(10-8-14)17(26)24(18(27)22-20)13-16(25)23-11-5-6-15(23)12-21/h14-15H,4-13,21H2,1-3H3,(H,22,27). The third-order valence-electron chi connectivity index (χ3n) is 7.36. The molecule has 0 aromatic heterocycles. The number of nitrogens with zero attached hydrogens (tertiary/aromatic N) is 2. The van der Waals surface area contributed by atoms with Crippen molar-refractivity contribution in [2.45, 2.75) is 77.3 Å². The minimum Gasteiger partial charge on any atom is -0.337 e. The Morgan fingerprint density at radius 2 is 1.93 bits per heavy atom. The minimum absolute atomic E-state index is 0.0268. The van der Waals surface area contributed by atoms with Gasteiger partial charge in [-0.25, -0.2) is 4.79 Å². The van der Waals surface area contributed by atoms with Crippen LogP contribution in [0.3, 0.4) is 0 Å². The van der Waals surface area contributed by atoms with E-state index in [1.54, 1.807) is 4.90 Å². The summed E-state index contributed by atoms with van der Waals surface area (Å²) < 4.78 is 0. The molecule has 0 bridgehead atoms. The van der Waals surface area contributed by atoms with Crippen molar-refractivity contribution in [1.82, 2.24) is 15.1 Å². The summed E-state index contributed by atoms with van der Waals surface area (Å²) in [5.74, 6) is 0.157. The van der Waals surface area contributed by atoms with E-state index in [0.29, 0.717) is 31.8 Å². The lowest BCUT2D eigenvalue weighted by Crippen LogP contribution is -2.51. The molecule has 7 nitrogen and oxygen atoms in total. The van der Waals surface area contributed by atoms with Crippen molar-refractivity contribution in [3.8, 4) is 0 Å². The largest absolute Gasteiger partial charge is 0.337 e. The van der Waals surface area contributed by atoms with Crippen molar-refractivity contribution in [3.05, 3.63) is 0 Å². The number of imide groups is 1. The predicted molar refractivity (Wildman–Crippen MR) is 103 cm³/mol. The first-order valence-electron chi connectivity index (χ1n) is 10.4. The molecule has 1 unspecified atom stereocenters. The van der Waals surface area contributed by atoms with Gasteiger partial charge in [-0.3, -0.25) is 14.5 Å². The van der Waals surface area contributed by atoms with Crippen molar-refractivity contribution in [2.75, 3.05) is 19.6 Å². The highest BCUT2D eigenvalue weighted by Gasteiger charge is 2.54. The third kappa shape index (κ3) is 3.58. The second-order valence-electron chi connectivity index (χ2n) is 9.14. The Morgan fingerprint density at radius 3 is 2.52 bits per heavy atom. The summed E-state index contributed by atoms with van der Waals surface area (Å²) in [5, 5.41) is 2.92. The number of carbonyl (C=O) groups is 3. The molecule has 3 rings (SSSR count). The van der Waals surface area contributed by atoms with Gasteiger partial charge in [-0.15, -0.1) is 0 Å². The highest BCUT2D eigenvalue weighted by Crippen LogP contribution is 2.45. The van der Waals surface area contributed by atoms with Crippen LogP contribution in [-0.2, 0) is 9.59 Å². The number of urea groups is 1. The highest BCUT2D eigenvalue weighted by atomic mass is 16.2. The maximum atomic E-state index is 13.1. The number of carbonyl (C=O) groups excluding carboxylic acids is 3. The van der Waals surface area contributed by atoms with Gasteiger partial charge in [0.25, 0.3) is 5.91 Å². The third-order valence-corrected chi connectivity index (χ3v) is 7.36. The first-order valence-corrected chi connectivity index (χ1v) is 10.4. The van der Waals surface area contributed by atoms with Gasteiger partial charge < -0.3 is 16.0 Å². The number of likely N-dealkylation sites (tertiary alicyclic amines) is 1. The first kappa shape index (κ1) is 20.1. The van der Waals surface area contributed by atoms with Gasteiger partial charge in [0.15, 0.2) is 0 Å². The number of hydrogen-bond donors (Lipinski definition) is 2.